The summed E-state index contributed by atoms with van der Waals surface area (Å²) in [7, 11) is 0. The molecule has 0 nitrogen and oxygen atoms in total. The zero-order valence-corrected chi connectivity index (χ0v) is 24.5. The van der Waals surface area contributed by atoms with E-state index in [-0.39, 0.29) is 30.2 Å². The molecule has 4 aliphatic rings. The van der Waals surface area contributed by atoms with Gasteiger partial charge in [0.1, 0.15) is 0 Å². The summed E-state index contributed by atoms with van der Waals surface area (Å²) in [5.74, 6) is 1.69. The van der Waals surface area contributed by atoms with Crippen LogP contribution in [0, 0.1) is 0 Å². The number of allylic oxidation sites excluding steroid dienone is 2. The fourth-order valence-electron chi connectivity index (χ4n) is 6.22. The Labute approximate surface area is 214 Å². The molecule has 0 bridgehead atoms. The SMILES string of the molecule is CC1=Cc2c(C3CC3)cccc2[CH]1[Zr+2]([CH]1C(C)=Cc2c(C3CC3)cccc21)=[Si](C)C.[Cl-].[Cl-]. The van der Waals surface area contributed by atoms with Crippen LogP contribution >= 0.6 is 0 Å². The molecule has 2 unspecified atom stereocenters. The Morgan fingerprint density at radius 3 is 1.38 bits per heavy atom. The van der Waals surface area contributed by atoms with Gasteiger partial charge in [-0.3, -0.25) is 0 Å². The maximum Gasteiger partial charge on any atom is -1.00 e. The van der Waals surface area contributed by atoms with E-state index in [1.54, 1.807) is 44.5 Å². The van der Waals surface area contributed by atoms with Gasteiger partial charge in [0.05, 0.1) is 0 Å². The van der Waals surface area contributed by atoms with Crippen molar-refractivity contribution < 1.29 is 45.2 Å². The van der Waals surface area contributed by atoms with Gasteiger partial charge in [-0.1, -0.05) is 0 Å². The third-order valence-electron chi connectivity index (χ3n) is 7.86. The summed E-state index contributed by atoms with van der Waals surface area (Å²) in [6.07, 6.45) is 10.8. The third kappa shape index (κ3) is 4.02. The number of hydrogen-bond acceptors (Lipinski definition) is 0. The van der Waals surface area contributed by atoms with Crippen LogP contribution < -0.4 is 24.8 Å². The van der Waals surface area contributed by atoms with Gasteiger partial charge in [-0.15, -0.1) is 0 Å². The summed E-state index contributed by atoms with van der Waals surface area (Å²) in [5, 5.41) is 0. The summed E-state index contributed by atoms with van der Waals surface area (Å²) in [5.41, 5.74) is 13.1. The molecule has 32 heavy (non-hydrogen) atoms. The number of halogens is 2. The Hall–Kier alpha value is -0.400. The van der Waals surface area contributed by atoms with E-state index in [4.69, 9.17) is 0 Å². The number of hydrogen-bond donors (Lipinski definition) is 0. The number of rotatable bonds is 4. The van der Waals surface area contributed by atoms with Gasteiger partial charge >= 0.3 is 191 Å². The average Bonchev–Trinajstić information content (AvgIpc) is 3.63. The molecule has 4 aliphatic carbocycles. The number of fused-ring (bicyclic) bond motifs is 2. The number of benzene rings is 2. The van der Waals surface area contributed by atoms with Gasteiger partial charge in [0.2, 0.25) is 0 Å². The van der Waals surface area contributed by atoms with E-state index in [1.165, 1.54) is 25.7 Å². The maximum atomic E-state index is 2.64. The molecule has 0 N–H and O–H groups in total. The molecule has 166 valence electrons. The van der Waals surface area contributed by atoms with Gasteiger partial charge in [-0.25, -0.2) is 0 Å². The van der Waals surface area contributed by atoms with Crippen LogP contribution in [0.15, 0.2) is 47.5 Å². The van der Waals surface area contributed by atoms with Crippen LogP contribution in [0.5, 0.6) is 0 Å². The molecule has 2 aromatic rings. The molecule has 6 rings (SSSR count). The van der Waals surface area contributed by atoms with Crippen molar-refractivity contribution in [2.45, 2.75) is 71.7 Å². The largest absolute Gasteiger partial charge is 1.00 e. The standard InChI is InChI=1S/2C13H13.C2H6Si.2ClH.Zr/c2*1-9-7-11-3-2-4-12(10-5-6-10)13(11)8-9;1-3-2;;;/h2*2-4,7-8,10H,5-6H2,1H3;1-2H3;2*1H;/q;;;;;+2/p-2. The van der Waals surface area contributed by atoms with Gasteiger partial charge in [-0.2, -0.15) is 0 Å². The molecule has 0 amide bonds. The van der Waals surface area contributed by atoms with E-state index in [0.29, 0.717) is 0 Å². The van der Waals surface area contributed by atoms with E-state index in [9.17, 15) is 0 Å². The molecule has 4 heteroatoms. The second kappa shape index (κ2) is 9.33. The fraction of sp³-hybridized carbons (Fsp3) is 0.429. The Bertz CT molecular complexity index is 1080. The predicted molar refractivity (Wildman–Crippen MR) is 127 cm³/mol. The quantitative estimate of drug-likeness (QED) is 0.504. The average molecular weight is 559 g/mol. The van der Waals surface area contributed by atoms with Crippen molar-refractivity contribution in [2.24, 2.45) is 0 Å². The summed E-state index contributed by atoms with van der Waals surface area (Å²) in [4.78, 5) is 0. The molecule has 0 radical (unpaired) electrons. The van der Waals surface area contributed by atoms with Crippen LogP contribution in [0.3, 0.4) is 0 Å². The summed E-state index contributed by atoms with van der Waals surface area (Å²) in [6.45, 7) is 10.2. The molecule has 0 spiro atoms. The van der Waals surface area contributed by atoms with Crippen molar-refractivity contribution in [1.29, 1.82) is 0 Å². The van der Waals surface area contributed by atoms with Crippen LogP contribution in [-0.4, -0.2) is 5.43 Å². The first-order valence-corrected chi connectivity index (χ1v) is 20.9. The van der Waals surface area contributed by atoms with Crippen LogP contribution in [-0.2, 0) is 20.4 Å². The molecule has 2 aromatic carbocycles. The van der Waals surface area contributed by atoms with Crippen molar-refractivity contribution in [3.63, 3.8) is 0 Å². The smallest absolute Gasteiger partial charge is 1.00 e. The second-order valence-electron chi connectivity index (χ2n) is 10.3. The Kier molecular flexibility index (Phi) is 7.21. The van der Waals surface area contributed by atoms with Gasteiger partial charge < -0.3 is 24.8 Å². The third-order valence-corrected chi connectivity index (χ3v) is 27.8. The minimum atomic E-state index is -1.86. The summed E-state index contributed by atoms with van der Waals surface area (Å²) >= 11 is -1.86. The van der Waals surface area contributed by atoms with E-state index in [1.807, 2.05) is 0 Å². The molecule has 2 atom stereocenters. The molecular weight excluding hydrogens is 527 g/mol. The Morgan fingerprint density at radius 1 is 0.656 bits per heavy atom. The fourth-order valence-corrected chi connectivity index (χ4v) is 27.0. The second-order valence-corrected chi connectivity index (χ2v) is 28.2. The molecule has 2 fully saturated rings. The first kappa shape index (κ1) is 24.7. The zero-order valence-electron chi connectivity index (χ0n) is 19.5. The predicted octanol–water partition coefficient (Wildman–Crippen LogP) is 1.93. The molecule has 0 saturated heterocycles. The van der Waals surface area contributed by atoms with Crippen LogP contribution in [0.1, 0.15) is 92.0 Å². The van der Waals surface area contributed by atoms with Crippen molar-refractivity contribution in [1.82, 2.24) is 0 Å². The molecule has 2 saturated carbocycles. The van der Waals surface area contributed by atoms with Gasteiger partial charge in [-0.05, 0) is 0 Å². The van der Waals surface area contributed by atoms with Gasteiger partial charge in [0.25, 0.3) is 0 Å². The molecule has 0 aromatic heterocycles. The topological polar surface area (TPSA) is 0 Å². The van der Waals surface area contributed by atoms with Crippen molar-refractivity contribution in [2.75, 3.05) is 0 Å². The van der Waals surface area contributed by atoms with Gasteiger partial charge in [0, 0.05) is 0 Å². The normalized spacial score (nSPS) is 22.5. The van der Waals surface area contributed by atoms with Crippen LogP contribution in [0.4, 0.5) is 0 Å². The minimum Gasteiger partial charge on any atom is -1.00 e. The van der Waals surface area contributed by atoms with Crippen molar-refractivity contribution >= 4 is 17.6 Å². The Balaban J connectivity index is 0.00000122. The summed E-state index contributed by atoms with van der Waals surface area (Å²) < 4.78 is 1.57. The molecular formula is C28H32Cl2SiZr. The van der Waals surface area contributed by atoms with E-state index < -0.39 is 20.4 Å². The first-order chi connectivity index (χ1) is 14.5. The Morgan fingerprint density at radius 2 is 1.03 bits per heavy atom. The van der Waals surface area contributed by atoms with Crippen LogP contribution in [0.2, 0.25) is 13.1 Å². The zero-order chi connectivity index (χ0) is 20.6. The van der Waals surface area contributed by atoms with E-state index in [2.05, 4.69) is 75.5 Å². The van der Waals surface area contributed by atoms with Gasteiger partial charge in [0.15, 0.2) is 0 Å². The minimum absolute atomic E-state index is 0. The molecule has 0 aliphatic heterocycles. The van der Waals surface area contributed by atoms with E-state index in [0.717, 1.165) is 19.1 Å². The molecule has 0 heterocycles. The summed E-state index contributed by atoms with van der Waals surface area (Å²) in [6, 6.07) is 14.6. The van der Waals surface area contributed by atoms with Crippen molar-refractivity contribution in [3.8, 4) is 0 Å². The monoisotopic (exact) mass is 556 g/mol. The maximum absolute atomic E-state index is 2.64. The van der Waals surface area contributed by atoms with E-state index >= 15 is 0 Å². The first-order valence-electron chi connectivity index (χ1n) is 11.8. The van der Waals surface area contributed by atoms with Crippen LogP contribution in [0.25, 0.3) is 12.2 Å². The van der Waals surface area contributed by atoms with Crippen molar-refractivity contribution in [3.05, 3.63) is 80.9 Å².